The molecular formula is C14H26O4. The summed E-state index contributed by atoms with van der Waals surface area (Å²) in [6.45, 7) is 5.86. The summed E-state index contributed by atoms with van der Waals surface area (Å²) in [4.78, 5) is 21.9. The molecule has 4 heteroatoms. The van der Waals surface area contributed by atoms with E-state index in [9.17, 15) is 9.59 Å². The van der Waals surface area contributed by atoms with Crippen molar-refractivity contribution in [1.29, 1.82) is 0 Å². The Bertz CT molecular complexity index is 271. The lowest BCUT2D eigenvalue weighted by Gasteiger charge is -2.30. The minimum atomic E-state index is -1.04. The Labute approximate surface area is 109 Å². The second-order valence-corrected chi connectivity index (χ2v) is 5.64. The Balaban J connectivity index is 4.27. The zero-order valence-electron chi connectivity index (χ0n) is 11.7. The lowest BCUT2D eigenvalue weighted by atomic mass is 9.73. The van der Waals surface area contributed by atoms with Crippen LogP contribution in [0.25, 0.3) is 0 Å². The fourth-order valence-electron chi connectivity index (χ4n) is 2.23. The lowest BCUT2D eigenvalue weighted by molar-refractivity contribution is -0.152. The molecule has 0 fully saturated rings. The molecule has 0 heterocycles. The van der Waals surface area contributed by atoms with Gasteiger partial charge in [-0.15, -0.1) is 0 Å². The molecule has 0 radical (unpaired) electrons. The Morgan fingerprint density at radius 1 is 1.06 bits per heavy atom. The molecule has 0 saturated carbocycles. The highest BCUT2D eigenvalue weighted by Crippen LogP contribution is 2.35. The highest BCUT2D eigenvalue weighted by Gasteiger charge is 2.36. The second kappa shape index (κ2) is 8.11. The standard InChI is InChI=1S/C14H26O4/c1-4-5-6-7-8-9-14(2,3)11(13(17)18)10-12(15)16/h11H,4-10H2,1-3H3,(H,15,16)(H,17,18). The van der Waals surface area contributed by atoms with Crippen LogP contribution < -0.4 is 0 Å². The summed E-state index contributed by atoms with van der Waals surface area (Å²) < 4.78 is 0. The Morgan fingerprint density at radius 3 is 2.06 bits per heavy atom. The number of hydrogen-bond acceptors (Lipinski definition) is 2. The topological polar surface area (TPSA) is 74.6 Å². The van der Waals surface area contributed by atoms with Crippen molar-refractivity contribution >= 4 is 11.9 Å². The molecule has 0 aliphatic rings. The van der Waals surface area contributed by atoms with Crippen molar-refractivity contribution in [2.75, 3.05) is 0 Å². The lowest BCUT2D eigenvalue weighted by Crippen LogP contribution is -2.33. The third kappa shape index (κ3) is 6.62. The molecule has 4 nitrogen and oxygen atoms in total. The van der Waals surface area contributed by atoms with Crippen LogP contribution >= 0.6 is 0 Å². The van der Waals surface area contributed by atoms with Crippen LogP contribution in [0.4, 0.5) is 0 Å². The average Bonchev–Trinajstić information content (AvgIpc) is 2.24. The summed E-state index contributed by atoms with van der Waals surface area (Å²) in [6, 6.07) is 0. The predicted molar refractivity (Wildman–Crippen MR) is 70.5 cm³/mol. The van der Waals surface area contributed by atoms with E-state index in [1.54, 1.807) is 0 Å². The van der Waals surface area contributed by atoms with Gasteiger partial charge in [-0.25, -0.2) is 0 Å². The van der Waals surface area contributed by atoms with Crippen LogP contribution in [0.1, 0.15) is 65.7 Å². The summed E-state index contributed by atoms with van der Waals surface area (Å²) >= 11 is 0. The fourth-order valence-corrected chi connectivity index (χ4v) is 2.23. The van der Waals surface area contributed by atoms with Gasteiger partial charge < -0.3 is 10.2 Å². The number of unbranched alkanes of at least 4 members (excludes halogenated alkanes) is 4. The Morgan fingerprint density at radius 2 is 1.61 bits per heavy atom. The van der Waals surface area contributed by atoms with Crippen LogP contribution in [0.3, 0.4) is 0 Å². The van der Waals surface area contributed by atoms with E-state index in [1.807, 2.05) is 13.8 Å². The van der Waals surface area contributed by atoms with Crippen LogP contribution in [0.15, 0.2) is 0 Å². The molecule has 0 aliphatic heterocycles. The molecule has 1 unspecified atom stereocenters. The average molecular weight is 258 g/mol. The van der Waals surface area contributed by atoms with Crippen LogP contribution in [0, 0.1) is 11.3 Å². The fraction of sp³-hybridized carbons (Fsp3) is 0.857. The summed E-state index contributed by atoms with van der Waals surface area (Å²) in [5, 5.41) is 17.9. The molecule has 106 valence electrons. The number of carboxylic acid groups (broad SMARTS) is 2. The monoisotopic (exact) mass is 258 g/mol. The van der Waals surface area contributed by atoms with Crippen molar-refractivity contribution in [2.24, 2.45) is 11.3 Å². The van der Waals surface area contributed by atoms with Crippen molar-refractivity contribution in [2.45, 2.75) is 65.7 Å². The third-order valence-electron chi connectivity index (χ3n) is 3.54. The van der Waals surface area contributed by atoms with Gasteiger partial charge in [0, 0.05) is 0 Å². The zero-order chi connectivity index (χ0) is 14.2. The molecule has 0 bridgehead atoms. The first-order chi connectivity index (χ1) is 8.31. The number of rotatable bonds is 10. The van der Waals surface area contributed by atoms with Gasteiger partial charge in [0.25, 0.3) is 0 Å². The first-order valence-corrected chi connectivity index (χ1v) is 6.76. The predicted octanol–water partition coefficient (Wildman–Crippen LogP) is 3.55. The van der Waals surface area contributed by atoms with Gasteiger partial charge in [-0.3, -0.25) is 9.59 Å². The normalized spacial score (nSPS) is 13.3. The maximum absolute atomic E-state index is 11.2. The molecule has 0 rings (SSSR count). The zero-order valence-corrected chi connectivity index (χ0v) is 11.7. The first-order valence-electron chi connectivity index (χ1n) is 6.76. The van der Waals surface area contributed by atoms with Crippen LogP contribution in [-0.2, 0) is 9.59 Å². The summed E-state index contributed by atoms with van der Waals surface area (Å²) in [5.74, 6) is -2.85. The van der Waals surface area contributed by atoms with Crippen molar-refractivity contribution in [3.8, 4) is 0 Å². The van der Waals surface area contributed by atoms with Gasteiger partial charge in [0.2, 0.25) is 0 Å². The maximum atomic E-state index is 11.2. The van der Waals surface area contributed by atoms with Crippen LogP contribution in [0.5, 0.6) is 0 Å². The molecule has 2 N–H and O–H groups in total. The molecule has 0 amide bonds. The van der Waals surface area contributed by atoms with Gasteiger partial charge in [-0.1, -0.05) is 52.9 Å². The second-order valence-electron chi connectivity index (χ2n) is 5.64. The van der Waals surface area contributed by atoms with Gasteiger partial charge >= 0.3 is 11.9 Å². The minimum absolute atomic E-state index is 0.294. The van der Waals surface area contributed by atoms with Gasteiger partial charge in [-0.05, 0) is 11.8 Å². The number of carbonyl (C=O) groups is 2. The largest absolute Gasteiger partial charge is 0.481 e. The van der Waals surface area contributed by atoms with E-state index in [1.165, 1.54) is 19.3 Å². The molecular weight excluding hydrogens is 232 g/mol. The van der Waals surface area contributed by atoms with Gasteiger partial charge in [-0.2, -0.15) is 0 Å². The van der Waals surface area contributed by atoms with E-state index < -0.39 is 23.3 Å². The highest BCUT2D eigenvalue weighted by atomic mass is 16.4. The van der Waals surface area contributed by atoms with Gasteiger partial charge in [0.15, 0.2) is 0 Å². The van der Waals surface area contributed by atoms with Crippen molar-refractivity contribution in [3.63, 3.8) is 0 Å². The number of hydrogen-bond donors (Lipinski definition) is 2. The van der Waals surface area contributed by atoms with Crippen molar-refractivity contribution < 1.29 is 19.8 Å². The van der Waals surface area contributed by atoms with Gasteiger partial charge in [0.05, 0.1) is 12.3 Å². The van der Waals surface area contributed by atoms with E-state index in [-0.39, 0.29) is 6.42 Å². The summed E-state index contributed by atoms with van der Waals surface area (Å²) in [5.41, 5.74) is -0.462. The third-order valence-corrected chi connectivity index (χ3v) is 3.54. The van der Waals surface area contributed by atoms with Gasteiger partial charge in [0.1, 0.15) is 0 Å². The Kier molecular flexibility index (Phi) is 7.64. The van der Waals surface area contributed by atoms with E-state index in [4.69, 9.17) is 10.2 Å². The van der Waals surface area contributed by atoms with Crippen molar-refractivity contribution in [3.05, 3.63) is 0 Å². The number of aliphatic carboxylic acids is 2. The first kappa shape index (κ1) is 16.9. The van der Waals surface area contributed by atoms with Crippen LogP contribution in [-0.4, -0.2) is 22.2 Å². The van der Waals surface area contributed by atoms with E-state index >= 15 is 0 Å². The molecule has 18 heavy (non-hydrogen) atoms. The molecule has 0 aromatic carbocycles. The van der Waals surface area contributed by atoms with E-state index in [0.717, 1.165) is 19.3 Å². The van der Waals surface area contributed by atoms with Crippen LogP contribution in [0.2, 0.25) is 0 Å². The smallest absolute Gasteiger partial charge is 0.307 e. The van der Waals surface area contributed by atoms with E-state index in [2.05, 4.69) is 6.92 Å². The SMILES string of the molecule is CCCCCCCC(C)(C)C(CC(=O)O)C(=O)O. The number of carboxylic acids is 2. The molecule has 0 aromatic rings. The molecule has 0 saturated heterocycles. The summed E-state index contributed by atoms with van der Waals surface area (Å²) in [6.07, 6.45) is 6.09. The minimum Gasteiger partial charge on any atom is -0.481 e. The van der Waals surface area contributed by atoms with E-state index in [0.29, 0.717) is 0 Å². The summed E-state index contributed by atoms with van der Waals surface area (Å²) in [7, 11) is 0. The van der Waals surface area contributed by atoms with Crippen molar-refractivity contribution in [1.82, 2.24) is 0 Å². The quantitative estimate of drug-likeness (QED) is 0.588. The molecule has 0 aliphatic carbocycles. The molecule has 0 aromatic heterocycles. The molecule has 1 atom stereocenters. The maximum Gasteiger partial charge on any atom is 0.307 e. The Hall–Kier alpha value is -1.06. The molecule has 0 spiro atoms. The highest BCUT2D eigenvalue weighted by molar-refractivity contribution is 5.78.